The Labute approximate surface area is 157 Å². The highest BCUT2D eigenvalue weighted by Gasteiger charge is 2.35. The third-order valence-electron chi connectivity index (χ3n) is 4.06. The molecule has 0 radical (unpaired) electrons. The molecule has 0 N–H and O–H groups in total. The fourth-order valence-corrected chi connectivity index (χ4v) is 4.06. The van der Waals surface area contributed by atoms with Gasteiger partial charge in [-0.25, -0.2) is 0 Å². The smallest absolute Gasteiger partial charge is 0.305 e. The molecule has 1 aromatic carbocycles. The van der Waals surface area contributed by atoms with Gasteiger partial charge in [-0.05, 0) is 19.4 Å². The molecule has 1 aliphatic heterocycles. The average molecular weight is 383 g/mol. The highest BCUT2D eigenvalue weighted by molar-refractivity contribution is 8.00. The maximum absolute atomic E-state index is 12.3. The van der Waals surface area contributed by atoms with Crippen LogP contribution in [0, 0.1) is 0 Å². The van der Waals surface area contributed by atoms with Crippen molar-refractivity contribution >= 4 is 23.6 Å². The molecule has 1 unspecified atom stereocenters. The van der Waals surface area contributed by atoms with Gasteiger partial charge in [-0.15, -0.1) is 11.8 Å². The Balaban J connectivity index is 2.19. The monoisotopic (exact) mass is 383 g/mol. The molecule has 7 nitrogen and oxygen atoms in total. The van der Waals surface area contributed by atoms with E-state index in [1.54, 1.807) is 39.2 Å². The normalized spacial score (nSPS) is 16.5. The van der Waals surface area contributed by atoms with Gasteiger partial charge in [0.15, 0.2) is 11.5 Å². The number of amides is 1. The number of benzene rings is 1. The van der Waals surface area contributed by atoms with Gasteiger partial charge in [0.05, 0.1) is 33.7 Å². The van der Waals surface area contributed by atoms with E-state index in [0.717, 1.165) is 5.56 Å². The number of carbonyl (C=O) groups is 2. The minimum atomic E-state index is -0.243. The summed E-state index contributed by atoms with van der Waals surface area (Å²) in [5.74, 6) is 1.96. The molecule has 0 aromatic heterocycles. The van der Waals surface area contributed by atoms with Crippen LogP contribution in [0.1, 0.15) is 30.7 Å². The van der Waals surface area contributed by atoms with Crippen LogP contribution in [0.25, 0.3) is 0 Å². The van der Waals surface area contributed by atoms with Crippen LogP contribution in [-0.2, 0) is 14.3 Å². The van der Waals surface area contributed by atoms with Gasteiger partial charge in [-0.2, -0.15) is 0 Å². The Bertz CT molecular complexity index is 651. The van der Waals surface area contributed by atoms with Crippen molar-refractivity contribution < 1.29 is 28.5 Å². The number of methoxy groups -OCH3 is 3. The van der Waals surface area contributed by atoms with Gasteiger partial charge in [-0.1, -0.05) is 0 Å². The Kier molecular flexibility index (Phi) is 7.44. The minimum Gasteiger partial charge on any atom is -0.496 e. The van der Waals surface area contributed by atoms with Crippen LogP contribution in [-0.4, -0.2) is 57.0 Å². The summed E-state index contributed by atoms with van der Waals surface area (Å²) in [5.41, 5.74) is 0.845. The standard InChI is InChI=1S/C18H25NO6S/c1-5-25-17(21)7-6-8-19-16(20)11-26-18(19)12-9-14(23-3)15(24-4)10-13(12)22-2/h9-10,18H,5-8,11H2,1-4H3. The highest BCUT2D eigenvalue weighted by Crippen LogP contribution is 2.46. The maximum atomic E-state index is 12.3. The number of esters is 1. The van der Waals surface area contributed by atoms with Crippen LogP contribution in [0.2, 0.25) is 0 Å². The summed E-state index contributed by atoms with van der Waals surface area (Å²) < 4.78 is 21.1. The molecule has 144 valence electrons. The first kappa shape index (κ1) is 20.2. The van der Waals surface area contributed by atoms with E-state index in [0.29, 0.717) is 42.6 Å². The van der Waals surface area contributed by atoms with Gasteiger partial charge in [0, 0.05) is 24.6 Å². The van der Waals surface area contributed by atoms with Gasteiger partial charge < -0.3 is 23.8 Å². The molecule has 1 atom stereocenters. The Hall–Kier alpha value is -2.09. The Morgan fingerprint density at radius 2 is 1.81 bits per heavy atom. The fourth-order valence-electron chi connectivity index (χ4n) is 2.83. The van der Waals surface area contributed by atoms with Crippen molar-refractivity contribution in [3.8, 4) is 17.2 Å². The van der Waals surface area contributed by atoms with E-state index in [9.17, 15) is 9.59 Å². The third-order valence-corrected chi connectivity index (χ3v) is 5.29. The van der Waals surface area contributed by atoms with Crippen molar-refractivity contribution in [3.63, 3.8) is 0 Å². The van der Waals surface area contributed by atoms with E-state index in [2.05, 4.69) is 0 Å². The van der Waals surface area contributed by atoms with Crippen LogP contribution < -0.4 is 14.2 Å². The summed E-state index contributed by atoms with van der Waals surface area (Å²) in [4.78, 5) is 25.6. The van der Waals surface area contributed by atoms with Crippen molar-refractivity contribution in [2.45, 2.75) is 25.1 Å². The van der Waals surface area contributed by atoms with Crippen LogP contribution >= 0.6 is 11.8 Å². The quantitative estimate of drug-likeness (QED) is 0.607. The molecule has 1 saturated heterocycles. The maximum Gasteiger partial charge on any atom is 0.305 e. The minimum absolute atomic E-state index is 0.0423. The molecule has 1 fully saturated rings. The van der Waals surface area contributed by atoms with Crippen LogP contribution in [0.4, 0.5) is 0 Å². The summed E-state index contributed by atoms with van der Waals surface area (Å²) in [6.45, 7) is 2.62. The molecule has 26 heavy (non-hydrogen) atoms. The first-order valence-electron chi connectivity index (χ1n) is 8.42. The molecule has 0 spiro atoms. The lowest BCUT2D eigenvalue weighted by Crippen LogP contribution is -2.30. The molecule has 0 bridgehead atoms. The number of hydrogen-bond acceptors (Lipinski definition) is 7. The van der Waals surface area contributed by atoms with Gasteiger partial charge in [0.1, 0.15) is 11.1 Å². The summed E-state index contributed by atoms with van der Waals surface area (Å²) in [7, 11) is 4.71. The predicted molar refractivity (Wildman–Crippen MR) is 98.9 cm³/mol. The number of ether oxygens (including phenoxy) is 4. The predicted octanol–water partition coefficient (Wildman–Crippen LogP) is 2.63. The number of carbonyl (C=O) groups excluding carboxylic acids is 2. The van der Waals surface area contributed by atoms with Gasteiger partial charge >= 0.3 is 5.97 Å². The lowest BCUT2D eigenvalue weighted by molar-refractivity contribution is -0.143. The number of rotatable bonds is 9. The van der Waals surface area contributed by atoms with E-state index < -0.39 is 0 Å². The molecular formula is C18H25NO6S. The summed E-state index contributed by atoms with van der Waals surface area (Å²) in [6.07, 6.45) is 0.843. The van der Waals surface area contributed by atoms with E-state index in [1.165, 1.54) is 11.8 Å². The van der Waals surface area contributed by atoms with Crippen LogP contribution in [0.3, 0.4) is 0 Å². The van der Waals surface area contributed by atoms with Crippen molar-refractivity contribution in [2.75, 3.05) is 40.2 Å². The average Bonchev–Trinajstić information content (AvgIpc) is 3.01. The van der Waals surface area contributed by atoms with Gasteiger partial charge in [0.2, 0.25) is 5.91 Å². The lowest BCUT2D eigenvalue weighted by atomic mass is 10.1. The van der Waals surface area contributed by atoms with Crippen molar-refractivity contribution in [1.82, 2.24) is 4.90 Å². The Morgan fingerprint density at radius 3 is 2.42 bits per heavy atom. The van der Waals surface area contributed by atoms with Crippen molar-refractivity contribution in [2.24, 2.45) is 0 Å². The second-order valence-corrected chi connectivity index (χ2v) is 6.68. The molecular weight excluding hydrogens is 358 g/mol. The third kappa shape index (κ3) is 4.55. The molecule has 1 aromatic rings. The molecule has 8 heteroatoms. The van der Waals surface area contributed by atoms with E-state index in [4.69, 9.17) is 18.9 Å². The lowest BCUT2D eigenvalue weighted by Gasteiger charge is -2.26. The number of nitrogens with zero attached hydrogens (tertiary/aromatic N) is 1. The molecule has 0 aliphatic carbocycles. The second kappa shape index (κ2) is 9.56. The first-order chi connectivity index (χ1) is 12.5. The van der Waals surface area contributed by atoms with Crippen LogP contribution in [0.5, 0.6) is 17.2 Å². The van der Waals surface area contributed by atoms with Crippen molar-refractivity contribution in [3.05, 3.63) is 17.7 Å². The number of hydrogen-bond donors (Lipinski definition) is 0. The van der Waals surface area contributed by atoms with E-state index in [-0.39, 0.29) is 23.7 Å². The summed E-state index contributed by atoms with van der Waals surface area (Å²) in [6, 6.07) is 3.60. The zero-order valence-corrected chi connectivity index (χ0v) is 16.4. The first-order valence-corrected chi connectivity index (χ1v) is 9.47. The fraction of sp³-hybridized carbons (Fsp3) is 0.556. The molecule has 1 heterocycles. The van der Waals surface area contributed by atoms with E-state index >= 15 is 0 Å². The molecule has 2 rings (SSSR count). The van der Waals surface area contributed by atoms with E-state index in [1.807, 2.05) is 6.07 Å². The van der Waals surface area contributed by atoms with Crippen molar-refractivity contribution in [1.29, 1.82) is 0 Å². The molecule has 0 saturated carbocycles. The second-order valence-electron chi connectivity index (χ2n) is 5.61. The largest absolute Gasteiger partial charge is 0.496 e. The highest BCUT2D eigenvalue weighted by atomic mass is 32.2. The number of thioether (sulfide) groups is 1. The Morgan fingerprint density at radius 1 is 1.15 bits per heavy atom. The molecule has 1 amide bonds. The van der Waals surface area contributed by atoms with Gasteiger partial charge in [-0.3, -0.25) is 9.59 Å². The topological polar surface area (TPSA) is 74.3 Å². The zero-order chi connectivity index (χ0) is 19.1. The molecule has 1 aliphatic rings. The zero-order valence-electron chi connectivity index (χ0n) is 15.6. The summed E-state index contributed by atoms with van der Waals surface area (Å²) >= 11 is 1.53. The SMILES string of the molecule is CCOC(=O)CCCN1C(=O)CSC1c1cc(OC)c(OC)cc1OC. The van der Waals surface area contributed by atoms with Crippen LogP contribution in [0.15, 0.2) is 12.1 Å². The summed E-state index contributed by atoms with van der Waals surface area (Å²) in [5, 5.41) is -0.195. The van der Waals surface area contributed by atoms with Gasteiger partial charge in [0.25, 0.3) is 0 Å².